The highest BCUT2D eigenvalue weighted by Crippen LogP contribution is 2.25. The maximum atomic E-state index is 10.6. The monoisotopic (exact) mass is 346 g/mol. The molecule has 1 N–H and O–H groups in total. The number of thiophene rings is 1. The van der Waals surface area contributed by atoms with E-state index in [-0.39, 0.29) is 5.75 Å². The van der Waals surface area contributed by atoms with Crippen LogP contribution >= 0.6 is 39.0 Å². The van der Waals surface area contributed by atoms with Crippen molar-refractivity contribution in [1.82, 2.24) is 9.55 Å². The molecule has 0 saturated carbocycles. The van der Waals surface area contributed by atoms with E-state index in [0.29, 0.717) is 0 Å². The minimum absolute atomic E-state index is 0.0323. The molecule has 2 rings (SSSR count). The van der Waals surface area contributed by atoms with Gasteiger partial charge in [0.15, 0.2) is 5.16 Å². The summed E-state index contributed by atoms with van der Waals surface area (Å²) >= 11 is 6.35. The summed E-state index contributed by atoms with van der Waals surface area (Å²) in [6.07, 6.45) is 1.77. The standard InChI is InChI=1S/C11H11BrN2O2S2/c1-7-4-13-11(17-6-10(15)16)14(7)5-8-2-3-9(12)18-8/h2-4H,5-6H2,1H3,(H,15,16). The number of aromatic nitrogens is 2. The summed E-state index contributed by atoms with van der Waals surface area (Å²) in [5.74, 6) is -0.795. The predicted octanol–water partition coefficient (Wildman–Crippen LogP) is 3.24. The number of hydrogen-bond acceptors (Lipinski definition) is 4. The van der Waals surface area contributed by atoms with Crippen LogP contribution in [-0.4, -0.2) is 26.4 Å². The van der Waals surface area contributed by atoms with Gasteiger partial charge in [0.1, 0.15) is 0 Å². The van der Waals surface area contributed by atoms with Crippen LogP contribution in [0, 0.1) is 6.92 Å². The largest absolute Gasteiger partial charge is 0.481 e. The SMILES string of the molecule is Cc1cnc(SCC(=O)O)n1Cc1ccc(Br)s1. The van der Waals surface area contributed by atoms with Crippen molar-refractivity contribution in [3.05, 3.63) is 32.7 Å². The molecular formula is C11H11BrN2O2S2. The van der Waals surface area contributed by atoms with Gasteiger partial charge in [-0.3, -0.25) is 4.79 Å². The third-order valence-corrected chi connectivity index (χ3v) is 4.87. The summed E-state index contributed by atoms with van der Waals surface area (Å²) in [7, 11) is 0. The lowest BCUT2D eigenvalue weighted by molar-refractivity contribution is -0.133. The molecule has 0 aliphatic carbocycles. The predicted molar refractivity (Wildman–Crippen MR) is 76.4 cm³/mol. The Kier molecular flexibility index (Phi) is 4.47. The van der Waals surface area contributed by atoms with Gasteiger partial charge in [0.2, 0.25) is 0 Å². The number of halogens is 1. The Labute approximate surface area is 121 Å². The first-order valence-electron chi connectivity index (χ1n) is 5.17. The van der Waals surface area contributed by atoms with Gasteiger partial charge >= 0.3 is 5.97 Å². The second kappa shape index (κ2) is 5.90. The van der Waals surface area contributed by atoms with E-state index in [1.165, 1.54) is 16.6 Å². The maximum Gasteiger partial charge on any atom is 0.313 e. The first-order chi connectivity index (χ1) is 8.56. The van der Waals surface area contributed by atoms with E-state index in [0.717, 1.165) is 21.2 Å². The molecule has 96 valence electrons. The van der Waals surface area contributed by atoms with Crippen molar-refractivity contribution >= 4 is 45.0 Å². The summed E-state index contributed by atoms with van der Waals surface area (Å²) in [4.78, 5) is 16.0. The highest BCUT2D eigenvalue weighted by molar-refractivity contribution is 9.11. The molecule has 0 saturated heterocycles. The number of thioether (sulfide) groups is 1. The van der Waals surface area contributed by atoms with Crippen molar-refractivity contribution in [2.45, 2.75) is 18.6 Å². The molecule has 0 aliphatic heterocycles. The van der Waals surface area contributed by atoms with Gasteiger partial charge in [0.25, 0.3) is 0 Å². The van der Waals surface area contributed by atoms with Crippen LogP contribution in [0.2, 0.25) is 0 Å². The zero-order valence-electron chi connectivity index (χ0n) is 9.59. The van der Waals surface area contributed by atoms with Crippen molar-refractivity contribution < 1.29 is 9.90 Å². The number of hydrogen-bond donors (Lipinski definition) is 1. The molecule has 7 heteroatoms. The Bertz CT molecular complexity index is 565. The van der Waals surface area contributed by atoms with Crippen molar-refractivity contribution in [3.63, 3.8) is 0 Å². The highest BCUT2D eigenvalue weighted by Gasteiger charge is 2.10. The number of aliphatic carboxylic acids is 1. The van der Waals surface area contributed by atoms with Gasteiger partial charge in [-0.15, -0.1) is 11.3 Å². The van der Waals surface area contributed by atoms with Crippen LogP contribution in [0.1, 0.15) is 10.6 Å². The molecule has 0 aliphatic rings. The van der Waals surface area contributed by atoms with E-state index in [1.807, 2.05) is 17.6 Å². The molecule has 0 spiro atoms. The van der Waals surface area contributed by atoms with Crippen LogP contribution in [0.5, 0.6) is 0 Å². The molecule has 18 heavy (non-hydrogen) atoms. The van der Waals surface area contributed by atoms with Crippen LogP contribution in [0.25, 0.3) is 0 Å². The fourth-order valence-electron chi connectivity index (χ4n) is 1.47. The van der Waals surface area contributed by atoms with Gasteiger partial charge in [-0.25, -0.2) is 4.98 Å². The van der Waals surface area contributed by atoms with Gasteiger partial charge in [-0.1, -0.05) is 11.8 Å². The summed E-state index contributed by atoms with van der Waals surface area (Å²) in [6.45, 7) is 2.70. The molecule has 2 aromatic rings. The van der Waals surface area contributed by atoms with Gasteiger partial charge in [-0.05, 0) is 35.0 Å². The molecular weight excluding hydrogens is 336 g/mol. The van der Waals surface area contributed by atoms with Crippen LogP contribution in [0.4, 0.5) is 0 Å². The lowest BCUT2D eigenvalue weighted by atomic mass is 10.4. The van der Waals surface area contributed by atoms with E-state index in [1.54, 1.807) is 17.5 Å². The smallest absolute Gasteiger partial charge is 0.313 e. The fourth-order valence-corrected chi connectivity index (χ4v) is 3.68. The molecule has 0 bridgehead atoms. The van der Waals surface area contributed by atoms with Crippen molar-refractivity contribution in [1.29, 1.82) is 0 Å². The Morgan fingerprint density at radius 1 is 1.61 bits per heavy atom. The molecule has 0 amide bonds. The third kappa shape index (κ3) is 3.37. The van der Waals surface area contributed by atoms with E-state index in [2.05, 4.69) is 27.0 Å². The molecule has 2 aromatic heterocycles. The number of carbonyl (C=O) groups is 1. The fraction of sp³-hybridized carbons (Fsp3) is 0.273. The second-order valence-corrected chi connectivity index (χ2v) is 7.15. The Morgan fingerprint density at radius 3 is 3.00 bits per heavy atom. The van der Waals surface area contributed by atoms with Gasteiger partial charge in [-0.2, -0.15) is 0 Å². The van der Waals surface area contributed by atoms with E-state index < -0.39 is 5.97 Å². The minimum Gasteiger partial charge on any atom is -0.481 e. The summed E-state index contributed by atoms with van der Waals surface area (Å²) in [5, 5.41) is 9.45. The molecule has 4 nitrogen and oxygen atoms in total. The van der Waals surface area contributed by atoms with Gasteiger partial charge in [0.05, 0.1) is 16.1 Å². The number of aryl methyl sites for hydroxylation is 1. The van der Waals surface area contributed by atoms with Crippen LogP contribution in [0.3, 0.4) is 0 Å². The molecule has 0 radical (unpaired) electrons. The zero-order chi connectivity index (χ0) is 13.1. The van der Waals surface area contributed by atoms with Gasteiger partial charge < -0.3 is 9.67 Å². The topological polar surface area (TPSA) is 55.1 Å². The quantitative estimate of drug-likeness (QED) is 0.844. The third-order valence-electron chi connectivity index (χ3n) is 2.29. The summed E-state index contributed by atoms with van der Waals surface area (Å²) in [5.41, 5.74) is 1.03. The highest BCUT2D eigenvalue weighted by atomic mass is 79.9. The van der Waals surface area contributed by atoms with Crippen LogP contribution < -0.4 is 0 Å². The normalized spacial score (nSPS) is 10.8. The van der Waals surface area contributed by atoms with Crippen molar-refractivity contribution in [3.8, 4) is 0 Å². The minimum atomic E-state index is -0.828. The van der Waals surface area contributed by atoms with Crippen LogP contribution in [-0.2, 0) is 11.3 Å². The first-order valence-corrected chi connectivity index (χ1v) is 7.76. The summed E-state index contributed by atoms with van der Waals surface area (Å²) < 4.78 is 3.13. The molecule has 0 aromatic carbocycles. The average Bonchev–Trinajstić information content (AvgIpc) is 2.85. The van der Waals surface area contributed by atoms with Crippen molar-refractivity contribution in [2.75, 3.05) is 5.75 Å². The molecule has 0 fully saturated rings. The first kappa shape index (κ1) is 13.6. The molecule has 0 atom stereocenters. The number of nitrogens with zero attached hydrogens (tertiary/aromatic N) is 2. The number of carboxylic acid groups (broad SMARTS) is 1. The van der Waals surface area contributed by atoms with E-state index in [9.17, 15) is 4.79 Å². The molecule has 2 heterocycles. The Hall–Kier alpha value is -0.790. The Morgan fingerprint density at radius 2 is 2.39 bits per heavy atom. The summed E-state index contributed by atoms with van der Waals surface area (Å²) in [6, 6.07) is 4.07. The lowest BCUT2D eigenvalue weighted by Gasteiger charge is -2.07. The van der Waals surface area contributed by atoms with Crippen LogP contribution in [0.15, 0.2) is 27.3 Å². The zero-order valence-corrected chi connectivity index (χ0v) is 12.8. The Balaban J connectivity index is 2.16. The molecule has 0 unspecified atom stereocenters. The average molecular weight is 347 g/mol. The van der Waals surface area contributed by atoms with E-state index >= 15 is 0 Å². The number of rotatable bonds is 5. The number of carboxylic acids is 1. The van der Waals surface area contributed by atoms with Gasteiger partial charge in [0, 0.05) is 16.8 Å². The second-order valence-electron chi connectivity index (χ2n) is 3.66. The van der Waals surface area contributed by atoms with E-state index in [4.69, 9.17) is 5.11 Å². The number of imidazole rings is 1. The lowest BCUT2D eigenvalue weighted by Crippen LogP contribution is -2.05. The van der Waals surface area contributed by atoms with Crippen molar-refractivity contribution in [2.24, 2.45) is 0 Å². The maximum absolute atomic E-state index is 10.6.